The molecular formula is C12H11NO5. The van der Waals surface area contributed by atoms with E-state index in [9.17, 15) is 14.7 Å². The third-order valence-corrected chi connectivity index (χ3v) is 2.58. The molecule has 18 heavy (non-hydrogen) atoms. The fourth-order valence-electron chi connectivity index (χ4n) is 1.71. The van der Waals surface area contributed by atoms with Gasteiger partial charge in [-0.05, 0) is 17.7 Å². The summed E-state index contributed by atoms with van der Waals surface area (Å²) in [5.74, 6) is -1.13. The van der Waals surface area contributed by atoms with Gasteiger partial charge in [0.2, 0.25) is 0 Å². The van der Waals surface area contributed by atoms with Crippen LogP contribution in [0.15, 0.2) is 24.0 Å². The number of carbonyl (C=O) groups excluding carboxylic acids is 2. The molecule has 0 spiro atoms. The molecule has 0 unspecified atom stereocenters. The number of rotatable bonds is 3. The van der Waals surface area contributed by atoms with Crippen molar-refractivity contribution in [1.82, 2.24) is 5.32 Å². The summed E-state index contributed by atoms with van der Waals surface area (Å²) in [5, 5.41) is 11.6. The Labute approximate surface area is 103 Å². The van der Waals surface area contributed by atoms with E-state index < -0.39 is 17.6 Å². The maximum Gasteiger partial charge on any atom is 0.293 e. The number of hydrogen-bond acceptors (Lipinski definition) is 5. The minimum absolute atomic E-state index is 0.0686. The van der Waals surface area contributed by atoms with Crippen molar-refractivity contribution >= 4 is 17.4 Å². The normalized spacial score (nSPS) is 14.8. The molecule has 0 aromatic heterocycles. The summed E-state index contributed by atoms with van der Waals surface area (Å²) in [7, 11) is 2.94. The van der Waals surface area contributed by atoms with Crippen LogP contribution in [0.4, 0.5) is 0 Å². The van der Waals surface area contributed by atoms with Crippen LogP contribution < -0.4 is 14.8 Å². The zero-order chi connectivity index (χ0) is 13.3. The Morgan fingerprint density at radius 3 is 2.22 bits per heavy atom. The van der Waals surface area contributed by atoms with Crippen LogP contribution in [0.25, 0.3) is 5.57 Å². The molecule has 1 heterocycles. The van der Waals surface area contributed by atoms with E-state index in [-0.39, 0.29) is 5.57 Å². The van der Waals surface area contributed by atoms with Crippen molar-refractivity contribution < 1.29 is 24.2 Å². The number of hydrogen-bond donors (Lipinski definition) is 2. The van der Waals surface area contributed by atoms with Crippen LogP contribution in [0, 0.1) is 0 Å². The molecule has 1 aliphatic heterocycles. The first-order valence-electron chi connectivity index (χ1n) is 5.09. The maximum atomic E-state index is 11.5. The molecule has 1 aromatic rings. The number of aliphatic hydroxyl groups is 1. The van der Waals surface area contributed by atoms with Gasteiger partial charge in [0, 0.05) is 0 Å². The van der Waals surface area contributed by atoms with Gasteiger partial charge < -0.3 is 14.6 Å². The van der Waals surface area contributed by atoms with E-state index in [1.165, 1.54) is 20.3 Å². The minimum Gasteiger partial charge on any atom is -0.502 e. The second-order valence-corrected chi connectivity index (χ2v) is 3.58. The Balaban J connectivity index is 2.53. The maximum absolute atomic E-state index is 11.5. The van der Waals surface area contributed by atoms with Crippen LogP contribution in [0.1, 0.15) is 5.56 Å². The van der Waals surface area contributed by atoms with Gasteiger partial charge in [-0.3, -0.25) is 14.9 Å². The monoisotopic (exact) mass is 249 g/mol. The molecule has 0 fully saturated rings. The SMILES string of the molecule is COc1ccc(C2=C(O)C(=O)NC2=O)cc1OC. The average Bonchev–Trinajstić information content (AvgIpc) is 2.62. The van der Waals surface area contributed by atoms with Crippen LogP contribution in [-0.4, -0.2) is 31.1 Å². The highest BCUT2D eigenvalue weighted by Gasteiger charge is 2.31. The molecule has 1 aliphatic rings. The fraction of sp³-hybridized carbons (Fsp3) is 0.167. The summed E-state index contributed by atoms with van der Waals surface area (Å²) >= 11 is 0. The minimum atomic E-state index is -0.801. The van der Waals surface area contributed by atoms with Crippen LogP contribution in [0.5, 0.6) is 11.5 Å². The highest BCUT2D eigenvalue weighted by molar-refractivity contribution is 6.35. The summed E-state index contributed by atoms with van der Waals surface area (Å²) < 4.78 is 10.1. The first kappa shape index (κ1) is 12.0. The van der Waals surface area contributed by atoms with Crippen molar-refractivity contribution in [3.63, 3.8) is 0 Å². The van der Waals surface area contributed by atoms with E-state index in [4.69, 9.17) is 9.47 Å². The Bertz CT molecular complexity index is 562. The largest absolute Gasteiger partial charge is 0.502 e. The standard InChI is InChI=1S/C12H11NO5/c1-17-7-4-3-6(5-8(7)18-2)9-10(14)12(16)13-11(9)15/h3-5H,1-2H3,(H2,13,14,15,16). The lowest BCUT2D eigenvalue weighted by Crippen LogP contribution is -2.22. The molecule has 2 rings (SSSR count). The van der Waals surface area contributed by atoms with Gasteiger partial charge in [-0.1, -0.05) is 6.07 Å². The highest BCUT2D eigenvalue weighted by atomic mass is 16.5. The van der Waals surface area contributed by atoms with E-state index in [0.29, 0.717) is 17.1 Å². The van der Waals surface area contributed by atoms with Gasteiger partial charge >= 0.3 is 0 Å². The predicted octanol–water partition coefficient (Wildman–Crippen LogP) is 0.629. The van der Waals surface area contributed by atoms with E-state index in [1.807, 2.05) is 5.32 Å². The molecule has 6 nitrogen and oxygen atoms in total. The lowest BCUT2D eigenvalue weighted by atomic mass is 10.0. The number of nitrogens with one attached hydrogen (secondary N) is 1. The van der Waals surface area contributed by atoms with Crippen LogP contribution in [-0.2, 0) is 9.59 Å². The van der Waals surface area contributed by atoms with Gasteiger partial charge in [0.15, 0.2) is 17.3 Å². The zero-order valence-electron chi connectivity index (χ0n) is 9.81. The quantitative estimate of drug-likeness (QED) is 0.767. The van der Waals surface area contributed by atoms with E-state index in [2.05, 4.69) is 0 Å². The van der Waals surface area contributed by atoms with Crippen LogP contribution >= 0.6 is 0 Å². The summed E-state index contributed by atoms with van der Waals surface area (Å²) in [6.07, 6.45) is 0. The molecule has 94 valence electrons. The molecule has 0 aliphatic carbocycles. The van der Waals surface area contributed by atoms with Crippen molar-refractivity contribution in [3.05, 3.63) is 29.5 Å². The third kappa shape index (κ3) is 1.77. The number of carbonyl (C=O) groups is 2. The van der Waals surface area contributed by atoms with Gasteiger partial charge in [-0.2, -0.15) is 0 Å². The Morgan fingerprint density at radius 1 is 1.06 bits per heavy atom. The fourth-order valence-corrected chi connectivity index (χ4v) is 1.71. The van der Waals surface area contributed by atoms with Gasteiger partial charge in [0.05, 0.1) is 19.8 Å². The molecule has 0 atom stereocenters. The van der Waals surface area contributed by atoms with Crippen molar-refractivity contribution in [2.75, 3.05) is 14.2 Å². The van der Waals surface area contributed by atoms with Crippen molar-refractivity contribution in [2.45, 2.75) is 0 Å². The number of aliphatic hydroxyl groups excluding tert-OH is 1. The van der Waals surface area contributed by atoms with E-state index >= 15 is 0 Å². The second kappa shape index (κ2) is 4.40. The predicted molar refractivity (Wildman–Crippen MR) is 62.2 cm³/mol. The molecule has 6 heteroatoms. The highest BCUT2D eigenvalue weighted by Crippen LogP contribution is 2.32. The molecule has 0 radical (unpaired) electrons. The molecular weight excluding hydrogens is 238 g/mol. The Morgan fingerprint density at radius 2 is 1.72 bits per heavy atom. The number of imide groups is 1. The number of amides is 2. The summed E-state index contributed by atoms with van der Waals surface area (Å²) in [6, 6.07) is 4.66. The smallest absolute Gasteiger partial charge is 0.293 e. The van der Waals surface area contributed by atoms with Crippen LogP contribution in [0.2, 0.25) is 0 Å². The van der Waals surface area contributed by atoms with Gasteiger partial charge in [0.1, 0.15) is 0 Å². The average molecular weight is 249 g/mol. The first-order valence-corrected chi connectivity index (χ1v) is 5.09. The molecule has 2 N–H and O–H groups in total. The second-order valence-electron chi connectivity index (χ2n) is 3.58. The van der Waals surface area contributed by atoms with Crippen LogP contribution in [0.3, 0.4) is 0 Å². The van der Waals surface area contributed by atoms with Crippen molar-refractivity contribution in [3.8, 4) is 11.5 Å². The van der Waals surface area contributed by atoms with Crippen molar-refractivity contribution in [2.24, 2.45) is 0 Å². The number of benzene rings is 1. The molecule has 0 bridgehead atoms. The van der Waals surface area contributed by atoms with Gasteiger partial charge in [-0.15, -0.1) is 0 Å². The molecule has 2 amide bonds. The Kier molecular flexibility index (Phi) is 2.93. The molecule has 0 saturated carbocycles. The lowest BCUT2D eigenvalue weighted by Gasteiger charge is -2.09. The van der Waals surface area contributed by atoms with Crippen molar-refractivity contribution in [1.29, 1.82) is 0 Å². The first-order chi connectivity index (χ1) is 8.58. The Hall–Kier alpha value is -2.50. The summed E-state index contributed by atoms with van der Waals surface area (Å²) in [6.45, 7) is 0. The third-order valence-electron chi connectivity index (χ3n) is 2.58. The van der Waals surface area contributed by atoms with E-state index in [1.54, 1.807) is 12.1 Å². The zero-order valence-corrected chi connectivity index (χ0v) is 9.81. The number of ether oxygens (including phenoxy) is 2. The van der Waals surface area contributed by atoms with Gasteiger partial charge in [-0.25, -0.2) is 0 Å². The molecule has 1 aromatic carbocycles. The van der Waals surface area contributed by atoms with E-state index in [0.717, 1.165) is 0 Å². The van der Waals surface area contributed by atoms with Gasteiger partial charge in [0.25, 0.3) is 11.8 Å². The molecule has 0 saturated heterocycles. The summed E-state index contributed by atoms with van der Waals surface area (Å²) in [5.41, 5.74) is 0.314. The lowest BCUT2D eigenvalue weighted by molar-refractivity contribution is -0.124. The summed E-state index contributed by atoms with van der Waals surface area (Å²) in [4.78, 5) is 22.7. The number of methoxy groups -OCH3 is 2. The topological polar surface area (TPSA) is 84.9 Å².